The van der Waals surface area contributed by atoms with Crippen molar-refractivity contribution in [1.82, 2.24) is 15.1 Å². The van der Waals surface area contributed by atoms with Gasteiger partial charge in [-0.25, -0.2) is 0 Å². The number of aryl methyl sites for hydroxylation is 1. The number of aromatic amines is 1. The van der Waals surface area contributed by atoms with Crippen molar-refractivity contribution in [2.75, 3.05) is 26.3 Å². The number of aliphatic hydroxyl groups excluding tert-OH is 1. The predicted octanol–water partition coefficient (Wildman–Crippen LogP) is 1.81. The zero-order valence-electron chi connectivity index (χ0n) is 13.0. The molecular weight excluding hydrogens is 278 g/mol. The van der Waals surface area contributed by atoms with E-state index in [2.05, 4.69) is 34.2 Å². The molecule has 0 spiro atoms. The molecule has 5 nitrogen and oxygen atoms in total. The van der Waals surface area contributed by atoms with Crippen LogP contribution in [0.5, 0.6) is 0 Å². The molecule has 0 amide bonds. The van der Waals surface area contributed by atoms with Crippen LogP contribution >= 0.6 is 0 Å². The molecule has 1 aromatic carbocycles. The van der Waals surface area contributed by atoms with E-state index < -0.39 is 0 Å². The van der Waals surface area contributed by atoms with Gasteiger partial charge in [-0.15, -0.1) is 0 Å². The van der Waals surface area contributed by atoms with E-state index >= 15 is 0 Å². The van der Waals surface area contributed by atoms with Crippen LogP contribution in [-0.4, -0.2) is 58.7 Å². The number of H-pyrrole nitrogens is 1. The Balaban J connectivity index is 1.49. The monoisotopic (exact) mass is 301 g/mol. The van der Waals surface area contributed by atoms with Crippen LogP contribution in [0.25, 0.3) is 10.9 Å². The smallest absolute Gasteiger partial charge is 0.0950 e. The number of nitrogens with one attached hydrogen (secondary N) is 1. The van der Waals surface area contributed by atoms with Gasteiger partial charge in [0.1, 0.15) is 0 Å². The maximum Gasteiger partial charge on any atom is 0.0950 e. The number of benzene rings is 1. The number of aromatic nitrogens is 2. The average Bonchev–Trinajstić information content (AvgIpc) is 3.15. The molecule has 118 valence electrons. The maximum absolute atomic E-state index is 9.99. The highest BCUT2D eigenvalue weighted by atomic mass is 16.5. The zero-order chi connectivity index (χ0) is 15.1. The summed E-state index contributed by atoms with van der Waals surface area (Å²) in [6, 6.07) is 4.69. The van der Waals surface area contributed by atoms with Gasteiger partial charge in [-0.3, -0.25) is 10.00 Å². The number of aliphatic hydroxyl groups is 1. The number of rotatable bonds is 2. The van der Waals surface area contributed by atoms with Gasteiger partial charge < -0.3 is 9.84 Å². The van der Waals surface area contributed by atoms with Crippen LogP contribution in [0.4, 0.5) is 0 Å². The summed E-state index contributed by atoms with van der Waals surface area (Å²) in [5.74, 6) is 0.600. The largest absolute Gasteiger partial charge is 0.389 e. The molecule has 2 aliphatic rings. The Morgan fingerprint density at radius 1 is 1.27 bits per heavy atom. The highest BCUT2D eigenvalue weighted by Gasteiger charge is 2.34. The van der Waals surface area contributed by atoms with Crippen LogP contribution in [0.15, 0.2) is 18.3 Å². The van der Waals surface area contributed by atoms with Gasteiger partial charge in [0.25, 0.3) is 0 Å². The molecule has 2 fully saturated rings. The molecule has 3 heterocycles. The van der Waals surface area contributed by atoms with Crippen molar-refractivity contribution >= 4 is 10.9 Å². The summed E-state index contributed by atoms with van der Waals surface area (Å²) in [7, 11) is 0. The van der Waals surface area contributed by atoms with E-state index in [0.717, 1.165) is 31.4 Å². The molecule has 2 unspecified atom stereocenters. The summed E-state index contributed by atoms with van der Waals surface area (Å²) in [4.78, 5) is 2.40. The van der Waals surface area contributed by atoms with Crippen LogP contribution in [0.1, 0.15) is 29.9 Å². The van der Waals surface area contributed by atoms with E-state index in [1.165, 1.54) is 16.5 Å². The third-order valence-electron chi connectivity index (χ3n) is 5.29. The molecule has 5 heteroatoms. The van der Waals surface area contributed by atoms with E-state index in [1.54, 1.807) is 0 Å². The molecule has 0 bridgehead atoms. The molecule has 0 aliphatic carbocycles. The number of hydrogen-bond acceptors (Lipinski definition) is 4. The Kier molecular flexibility index (Phi) is 3.64. The van der Waals surface area contributed by atoms with E-state index in [-0.39, 0.29) is 12.1 Å². The lowest BCUT2D eigenvalue weighted by molar-refractivity contribution is 0.0663. The minimum atomic E-state index is -0.320. The molecular formula is C17H23N3O2. The van der Waals surface area contributed by atoms with E-state index in [9.17, 15) is 5.11 Å². The zero-order valence-corrected chi connectivity index (χ0v) is 13.0. The van der Waals surface area contributed by atoms with Crippen molar-refractivity contribution < 1.29 is 9.84 Å². The quantitative estimate of drug-likeness (QED) is 0.888. The Hall–Kier alpha value is -1.43. The van der Waals surface area contributed by atoms with E-state index in [1.807, 2.05) is 6.20 Å². The second-order valence-corrected chi connectivity index (χ2v) is 6.65. The third kappa shape index (κ3) is 2.43. The van der Waals surface area contributed by atoms with Gasteiger partial charge in [-0.05, 0) is 62.0 Å². The van der Waals surface area contributed by atoms with Crippen LogP contribution < -0.4 is 0 Å². The minimum absolute atomic E-state index is 0.192. The van der Waals surface area contributed by atoms with Crippen molar-refractivity contribution in [2.24, 2.45) is 0 Å². The van der Waals surface area contributed by atoms with E-state index in [0.29, 0.717) is 19.1 Å². The number of fused-ring (bicyclic) bond motifs is 1. The molecule has 2 saturated heterocycles. The van der Waals surface area contributed by atoms with Gasteiger partial charge in [0.05, 0.1) is 37.1 Å². The lowest BCUT2D eigenvalue weighted by Gasteiger charge is -2.37. The predicted molar refractivity (Wildman–Crippen MR) is 85.0 cm³/mol. The second kappa shape index (κ2) is 5.65. The number of piperidine rings is 1. The third-order valence-corrected chi connectivity index (χ3v) is 5.29. The summed E-state index contributed by atoms with van der Waals surface area (Å²) < 4.78 is 5.39. The Bertz CT molecular complexity index is 661. The second-order valence-electron chi connectivity index (χ2n) is 6.65. The number of hydrogen-bond donors (Lipinski definition) is 2. The molecule has 2 aromatic rings. The highest BCUT2D eigenvalue weighted by Crippen LogP contribution is 2.33. The summed E-state index contributed by atoms with van der Waals surface area (Å²) >= 11 is 0. The molecule has 2 atom stereocenters. The molecule has 2 aliphatic heterocycles. The fraction of sp³-hybridized carbons (Fsp3) is 0.588. The SMILES string of the molecule is Cc1cc2cn[nH]c2cc1C1CCN(C2COCC2O)CC1. The molecule has 0 radical (unpaired) electrons. The summed E-state index contributed by atoms with van der Waals surface area (Å²) in [5, 5.41) is 18.4. The first-order chi connectivity index (χ1) is 10.7. The van der Waals surface area contributed by atoms with Gasteiger partial charge in [-0.1, -0.05) is 0 Å². The summed E-state index contributed by atoms with van der Waals surface area (Å²) in [6.07, 6.45) is 3.85. The molecule has 22 heavy (non-hydrogen) atoms. The Morgan fingerprint density at radius 2 is 2.09 bits per heavy atom. The van der Waals surface area contributed by atoms with Gasteiger partial charge in [0, 0.05) is 5.39 Å². The number of likely N-dealkylation sites (tertiary alicyclic amines) is 1. The van der Waals surface area contributed by atoms with Gasteiger partial charge in [0.2, 0.25) is 0 Å². The van der Waals surface area contributed by atoms with Crippen LogP contribution in [-0.2, 0) is 4.74 Å². The first-order valence-electron chi connectivity index (χ1n) is 8.16. The van der Waals surface area contributed by atoms with Crippen LogP contribution in [0, 0.1) is 6.92 Å². The first kappa shape index (κ1) is 14.2. The van der Waals surface area contributed by atoms with Crippen LogP contribution in [0.3, 0.4) is 0 Å². The van der Waals surface area contributed by atoms with Crippen molar-refractivity contribution in [3.05, 3.63) is 29.5 Å². The molecule has 1 aromatic heterocycles. The number of nitrogens with zero attached hydrogens (tertiary/aromatic N) is 2. The average molecular weight is 301 g/mol. The van der Waals surface area contributed by atoms with Gasteiger partial charge in [-0.2, -0.15) is 5.10 Å². The summed E-state index contributed by atoms with van der Waals surface area (Å²) in [5.41, 5.74) is 3.93. The summed E-state index contributed by atoms with van der Waals surface area (Å²) in [6.45, 7) is 5.43. The lowest BCUT2D eigenvalue weighted by Crippen LogP contribution is -2.46. The van der Waals surface area contributed by atoms with Gasteiger partial charge in [0.15, 0.2) is 0 Å². The van der Waals surface area contributed by atoms with E-state index in [4.69, 9.17) is 4.74 Å². The highest BCUT2D eigenvalue weighted by molar-refractivity contribution is 5.79. The normalized spacial score (nSPS) is 27.7. The fourth-order valence-corrected chi connectivity index (χ4v) is 3.98. The fourth-order valence-electron chi connectivity index (χ4n) is 3.98. The molecule has 4 rings (SSSR count). The topological polar surface area (TPSA) is 61.4 Å². The lowest BCUT2D eigenvalue weighted by atomic mass is 9.85. The minimum Gasteiger partial charge on any atom is -0.389 e. The van der Waals surface area contributed by atoms with Crippen molar-refractivity contribution in [3.63, 3.8) is 0 Å². The molecule has 0 saturated carbocycles. The van der Waals surface area contributed by atoms with Crippen molar-refractivity contribution in [1.29, 1.82) is 0 Å². The van der Waals surface area contributed by atoms with Crippen molar-refractivity contribution in [3.8, 4) is 0 Å². The standard InChI is InChI=1S/C17H23N3O2/c1-11-6-13-8-18-19-15(13)7-14(11)12-2-4-20(5-3-12)16-9-22-10-17(16)21/h6-8,12,16-17,21H,2-5,9-10H2,1H3,(H,18,19). The van der Waals surface area contributed by atoms with Crippen molar-refractivity contribution in [2.45, 2.75) is 37.8 Å². The van der Waals surface area contributed by atoms with Crippen LogP contribution in [0.2, 0.25) is 0 Å². The Morgan fingerprint density at radius 3 is 2.82 bits per heavy atom. The number of ether oxygens (including phenoxy) is 1. The molecule has 2 N–H and O–H groups in total. The van der Waals surface area contributed by atoms with Gasteiger partial charge >= 0.3 is 0 Å². The maximum atomic E-state index is 9.99. The Labute approximate surface area is 130 Å². The first-order valence-corrected chi connectivity index (χ1v) is 8.16.